The maximum Gasteiger partial charge on any atom is 0.159 e. The molecule has 1 aliphatic rings. The molecule has 1 aliphatic heterocycles. The van der Waals surface area contributed by atoms with Crippen LogP contribution in [0.2, 0.25) is 5.15 Å². The Morgan fingerprint density at radius 1 is 1.33 bits per heavy atom. The van der Waals surface area contributed by atoms with Gasteiger partial charge in [-0.1, -0.05) is 42.8 Å². The van der Waals surface area contributed by atoms with Crippen molar-refractivity contribution in [1.82, 2.24) is 15.1 Å². The van der Waals surface area contributed by atoms with Crippen molar-refractivity contribution in [2.75, 3.05) is 38.1 Å². The van der Waals surface area contributed by atoms with Crippen LogP contribution >= 0.6 is 11.6 Å². The Labute approximate surface area is 129 Å². The van der Waals surface area contributed by atoms with Crippen molar-refractivity contribution < 1.29 is 4.74 Å². The lowest BCUT2D eigenvalue weighted by atomic mass is 10.2. The summed E-state index contributed by atoms with van der Waals surface area (Å²) in [4.78, 5) is 2.39. The van der Waals surface area contributed by atoms with E-state index in [2.05, 4.69) is 27.3 Å². The highest BCUT2D eigenvalue weighted by Crippen LogP contribution is 2.25. The second kappa shape index (κ2) is 6.56. The van der Waals surface area contributed by atoms with E-state index in [4.69, 9.17) is 16.3 Å². The quantitative estimate of drug-likeness (QED) is 0.940. The van der Waals surface area contributed by atoms with Gasteiger partial charge in [0.05, 0.1) is 12.7 Å². The Kier molecular flexibility index (Phi) is 4.53. The van der Waals surface area contributed by atoms with Crippen LogP contribution in [0.5, 0.6) is 0 Å². The van der Waals surface area contributed by atoms with E-state index >= 15 is 0 Å². The summed E-state index contributed by atoms with van der Waals surface area (Å²) < 4.78 is 5.79. The maximum atomic E-state index is 6.08. The molecule has 1 saturated heterocycles. The van der Waals surface area contributed by atoms with Crippen molar-refractivity contribution in [1.29, 1.82) is 0 Å². The monoisotopic (exact) mass is 306 g/mol. The maximum absolute atomic E-state index is 6.08. The van der Waals surface area contributed by atoms with Crippen LogP contribution in [0.4, 0.5) is 5.82 Å². The Bertz CT molecular complexity index is 622. The normalized spacial score (nSPS) is 19.8. The first-order valence-corrected chi connectivity index (χ1v) is 7.64. The minimum Gasteiger partial charge on any atom is -0.374 e. The molecule has 0 saturated carbocycles. The molecule has 2 heterocycles. The van der Waals surface area contributed by atoms with Gasteiger partial charge in [0.1, 0.15) is 0 Å². The van der Waals surface area contributed by atoms with Gasteiger partial charge < -0.3 is 10.1 Å². The molecule has 0 bridgehead atoms. The SMILES string of the molecule is CCN1CCOC(CNc2nnc(Cl)c3ccccc23)C1. The van der Waals surface area contributed by atoms with E-state index < -0.39 is 0 Å². The van der Waals surface area contributed by atoms with Crippen LogP contribution in [0.15, 0.2) is 24.3 Å². The van der Waals surface area contributed by atoms with Crippen molar-refractivity contribution in [3.63, 3.8) is 0 Å². The van der Waals surface area contributed by atoms with Crippen LogP contribution < -0.4 is 5.32 Å². The molecule has 1 N–H and O–H groups in total. The summed E-state index contributed by atoms with van der Waals surface area (Å²) in [7, 11) is 0. The largest absolute Gasteiger partial charge is 0.374 e. The first-order valence-electron chi connectivity index (χ1n) is 7.26. The minimum atomic E-state index is 0.176. The predicted octanol–water partition coefficient (Wildman–Crippen LogP) is 2.42. The molecule has 1 aromatic carbocycles. The van der Waals surface area contributed by atoms with E-state index in [1.54, 1.807) is 0 Å². The molecule has 0 spiro atoms. The van der Waals surface area contributed by atoms with Gasteiger partial charge >= 0.3 is 0 Å². The number of nitrogens with zero attached hydrogens (tertiary/aromatic N) is 3. The number of nitrogens with one attached hydrogen (secondary N) is 1. The fourth-order valence-corrected chi connectivity index (χ4v) is 2.81. The molecule has 0 amide bonds. The molecule has 5 nitrogen and oxygen atoms in total. The molecular weight excluding hydrogens is 288 g/mol. The molecular formula is C15H19ClN4O. The van der Waals surface area contributed by atoms with Gasteiger partial charge in [-0.05, 0) is 6.54 Å². The minimum absolute atomic E-state index is 0.176. The van der Waals surface area contributed by atoms with Crippen LogP contribution in [0, 0.1) is 0 Å². The Morgan fingerprint density at radius 2 is 2.14 bits per heavy atom. The number of halogens is 1. The molecule has 1 aromatic heterocycles. The van der Waals surface area contributed by atoms with Crippen LogP contribution in [0.25, 0.3) is 10.8 Å². The smallest absolute Gasteiger partial charge is 0.159 e. The standard InChI is InChI=1S/C15H19ClN4O/c1-2-20-7-8-21-11(10-20)9-17-15-13-6-4-3-5-12(13)14(16)18-19-15/h3-6,11H,2,7-10H2,1H3,(H,17,19). The molecule has 21 heavy (non-hydrogen) atoms. The first-order chi connectivity index (χ1) is 10.3. The number of hydrogen-bond acceptors (Lipinski definition) is 5. The molecule has 2 aromatic rings. The first kappa shape index (κ1) is 14.5. The van der Waals surface area contributed by atoms with Crippen molar-refractivity contribution in [2.24, 2.45) is 0 Å². The third kappa shape index (κ3) is 3.26. The number of ether oxygens (including phenoxy) is 1. The summed E-state index contributed by atoms with van der Waals surface area (Å²) >= 11 is 6.08. The molecule has 1 fully saturated rings. The fraction of sp³-hybridized carbons (Fsp3) is 0.467. The highest BCUT2D eigenvalue weighted by atomic mass is 35.5. The highest BCUT2D eigenvalue weighted by molar-refractivity contribution is 6.34. The summed E-state index contributed by atoms with van der Waals surface area (Å²) in [6, 6.07) is 7.87. The molecule has 0 radical (unpaired) electrons. The van der Waals surface area contributed by atoms with Gasteiger partial charge in [0, 0.05) is 30.4 Å². The fourth-order valence-electron chi connectivity index (χ4n) is 2.60. The van der Waals surface area contributed by atoms with E-state index in [0.29, 0.717) is 5.15 Å². The van der Waals surface area contributed by atoms with Crippen LogP contribution in [-0.4, -0.2) is 54.0 Å². The Hall–Kier alpha value is -1.43. The van der Waals surface area contributed by atoms with E-state index in [9.17, 15) is 0 Å². The van der Waals surface area contributed by atoms with E-state index in [0.717, 1.165) is 49.4 Å². The highest BCUT2D eigenvalue weighted by Gasteiger charge is 2.19. The number of likely N-dealkylation sites (N-methyl/N-ethyl adjacent to an activating group) is 1. The van der Waals surface area contributed by atoms with E-state index in [1.165, 1.54) is 0 Å². The van der Waals surface area contributed by atoms with Gasteiger partial charge in [-0.25, -0.2) is 0 Å². The average molecular weight is 307 g/mol. The zero-order chi connectivity index (χ0) is 14.7. The summed E-state index contributed by atoms with van der Waals surface area (Å²) in [6.45, 7) is 6.70. The lowest BCUT2D eigenvalue weighted by molar-refractivity contribution is -0.0192. The number of benzene rings is 1. The number of morpholine rings is 1. The lowest BCUT2D eigenvalue weighted by Crippen LogP contribution is -2.45. The summed E-state index contributed by atoms with van der Waals surface area (Å²) in [5.74, 6) is 0.757. The summed E-state index contributed by atoms with van der Waals surface area (Å²) in [5.41, 5.74) is 0. The Balaban J connectivity index is 1.72. The molecule has 3 rings (SSSR count). The van der Waals surface area contributed by atoms with Crippen LogP contribution in [0.1, 0.15) is 6.92 Å². The zero-order valence-electron chi connectivity index (χ0n) is 12.1. The summed E-state index contributed by atoms with van der Waals surface area (Å²) in [5, 5.41) is 13.8. The van der Waals surface area contributed by atoms with Gasteiger partial charge in [-0.15, -0.1) is 10.2 Å². The topological polar surface area (TPSA) is 50.3 Å². The Morgan fingerprint density at radius 3 is 2.95 bits per heavy atom. The van der Waals surface area contributed by atoms with Crippen molar-refractivity contribution in [3.05, 3.63) is 29.4 Å². The molecule has 1 unspecified atom stereocenters. The second-order valence-electron chi connectivity index (χ2n) is 5.15. The molecule has 112 valence electrons. The summed E-state index contributed by atoms with van der Waals surface area (Å²) in [6.07, 6.45) is 0.176. The van der Waals surface area contributed by atoms with Crippen molar-refractivity contribution in [2.45, 2.75) is 13.0 Å². The van der Waals surface area contributed by atoms with E-state index in [1.807, 2.05) is 24.3 Å². The number of hydrogen-bond donors (Lipinski definition) is 1. The number of fused-ring (bicyclic) bond motifs is 1. The average Bonchev–Trinajstić information content (AvgIpc) is 2.55. The predicted molar refractivity (Wildman–Crippen MR) is 84.9 cm³/mol. The van der Waals surface area contributed by atoms with Gasteiger partial charge in [0.2, 0.25) is 0 Å². The second-order valence-corrected chi connectivity index (χ2v) is 5.51. The van der Waals surface area contributed by atoms with E-state index in [-0.39, 0.29) is 6.10 Å². The zero-order valence-corrected chi connectivity index (χ0v) is 12.8. The third-order valence-electron chi connectivity index (χ3n) is 3.81. The molecule has 1 atom stereocenters. The van der Waals surface area contributed by atoms with Crippen molar-refractivity contribution >= 4 is 28.2 Å². The number of anilines is 1. The number of rotatable bonds is 4. The molecule has 0 aliphatic carbocycles. The molecule has 6 heteroatoms. The lowest BCUT2D eigenvalue weighted by Gasteiger charge is -2.32. The van der Waals surface area contributed by atoms with Crippen LogP contribution in [0.3, 0.4) is 0 Å². The van der Waals surface area contributed by atoms with Gasteiger partial charge in [-0.2, -0.15) is 0 Å². The van der Waals surface area contributed by atoms with Gasteiger partial charge in [0.25, 0.3) is 0 Å². The third-order valence-corrected chi connectivity index (χ3v) is 4.09. The van der Waals surface area contributed by atoms with Gasteiger partial charge in [-0.3, -0.25) is 4.90 Å². The van der Waals surface area contributed by atoms with Crippen LogP contribution in [-0.2, 0) is 4.74 Å². The van der Waals surface area contributed by atoms with Crippen molar-refractivity contribution in [3.8, 4) is 0 Å². The number of aromatic nitrogens is 2. The van der Waals surface area contributed by atoms with Gasteiger partial charge in [0.15, 0.2) is 11.0 Å².